The van der Waals surface area contributed by atoms with Crippen LogP contribution in [0.5, 0.6) is 0 Å². The molecule has 1 fully saturated rings. The molecule has 1 aromatic heterocycles. The van der Waals surface area contributed by atoms with Crippen molar-refractivity contribution in [2.24, 2.45) is 0 Å². The maximum Gasteiger partial charge on any atom is 0.0722 e. The van der Waals surface area contributed by atoms with Crippen molar-refractivity contribution in [2.45, 2.75) is 18.9 Å². The maximum absolute atomic E-state index is 4.43. The van der Waals surface area contributed by atoms with E-state index < -0.39 is 0 Å². The number of aromatic nitrogens is 1. The summed E-state index contributed by atoms with van der Waals surface area (Å²) in [4.78, 5) is 6.91. The van der Waals surface area contributed by atoms with Gasteiger partial charge in [0.15, 0.2) is 0 Å². The number of hydrogen-bond acceptors (Lipinski definition) is 3. The number of pyridine rings is 1. The number of hydrogen-bond donors (Lipinski definition) is 1. The van der Waals surface area contributed by atoms with E-state index in [1.54, 1.807) is 0 Å². The molecular formula is C15H19N3. The molecule has 1 unspecified atom stereocenters. The van der Waals surface area contributed by atoms with Gasteiger partial charge in [0.05, 0.1) is 5.52 Å². The van der Waals surface area contributed by atoms with Crippen LogP contribution in [-0.2, 0) is 0 Å². The zero-order valence-corrected chi connectivity index (χ0v) is 10.8. The zero-order valence-electron chi connectivity index (χ0n) is 10.8. The Labute approximate surface area is 108 Å². The molecule has 3 nitrogen and oxygen atoms in total. The number of fused-ring (bicyclic) bond motifs is 1. The first-order valence-corrected chi connectivity index (χ1v) is 6.64. The molecule has 0 radical (unpaired) electrons. The van der Waals surface area contributed by atoms with Gasteiger partial charge in [-0.3, -0.25) is 4.98 Å². The van der Waals surface area contributed by atoms with Gasteiger partial charge in [0, 0.05) is 36.4 Å². The highest BCUT2D eigenvalue weighted by Gasteiger charge is 2.19. The summed E-state index contributed by atoms with van der Waals surface area (Å²) in [7, 11) is 2.05. The average Bonchev–Trinajstić information content (AvgIpc) is 2.47. The van der Waals surface area contributed by atoms with Gasteiger partial charge < -0.3 is 10.2 Å². The third-order valence-electron chi connectivity index (χ3n) is 3.80. The van der Waals surface area contributed by atoms with Gasteiger partial charge in [-0.05, 0) is 32.0 Å². The number of nitrogens with one attached hydrogen (secondary N) is 1. The van der Waals surface area contributed by atoms with Gasteiger partial charge in [0.2, 0.25) is 0 Å². The number of rotatable bonds is 2. The summed E-state index contributed by atoms with van der Waals surface area (Å²) in [6, 6.07) is 11.1. The van der Waals surface area contributed by atoms with Gasteiger partial charge in [0.25, 0.3) is 0 Å². The average molecular weight is 241 g/mol. The maximum atomic E-state index is 4.43. The Morgan fingerprint density at radius 1 is 1.28 bits per heavy atom. The molecule has 2 heterocycles. The third kappa shape index (κ3) is 2.06. The first-order valence-electron chi connectivity index (χ1n) is 6.64. The van der Waals surface area contributed by atoms with Crippen molar-refractivity contribution in [3.63, 3.8) is 0 Å². The predicted molar refractivity (Wildman–Crippen MR) is 76.0 cm³/mol. The van der Waals surface area contributed by atoms with Gasteiger partial charge >= 0.3 is 0 Å². The fourth-order valence-electron chi connectivity index (χ4n) is 2.79. The van der Waals surface area contributed by atoms with Crippen LogP contribution in [0.3, 0.4) is 0 Å². The second-order valence-corrected chi connectivity index (χ2v) is 4.92. The fourth-order valence-corrected chi connectivity index (χ4v) is 2.79. The molecule has 94 valence electrons. The van der Waals surface area contributed by atoms with Crippen LogP contribution in [0.4, 0.5) is 5.69 Å². The van der Waals surface area contributed by atoms with Crippen LogP contribution in [0.25, 0.3) is 10.9 Å². The van der Waals surface area contributed by atoms with Crippen molar-refractivity contribution in [3.8, 4) is 0 Å². The molecule has 1 saturated heterocycles. The quantitative estimate of drug-likeness (QED) is 0.875. The smallest absolute Gasteiger partial charge is 0.0722 e. The number of anilines is 1. The Bertz CT molecular complexity index is 533. The van der Waals surface area contributed by atoms with Gasteiger partial charge in [-0.2, -0.15) is 0 Å². The summed E-state index contributed by atoms with van der Waals surface area (Å²) in [5, 5.41) is 4.66. The standard InChI is InChI=1S/C15H19N3/c1-16-12-5-4-10-18(11-12)15-8-9-17-14-7-3-2-6-13(14)15/h2-3,6-9,12,16H,4-5,10-11H2,1H3. The molecule has 1 atom stereocenters. The van der Waals surface area contributed by atoms with Gasteiger partial charge in [0.1, 0.15) is 0 Å². The molecule has 18 heavy (non-hydrogen) atoms. The van der Waals surface area contributed by atoms with E-state index >= 15 is 0 Å². The van der Waals surface area contributed by atoms with Crippen LogP contribution >= 0.6 is 0 Å². The Hall–Kier alpha value is -1.61. The van der Waals surface area contributed by atoms with Crippen molar-refractivity contribution in [1.82, 2.24) is 10.3 Å². The number of likely N-dealkylation sites (N-methyl/N-ethyl adjacent to an activating group) is 1. The molecule has 1 N–H and O–H groups in total. The molecule has 1 aromatic carbocycles. The van der Waals surface area contributed by atoms with Crippen molar-refractivity contribution >= 4 is 16.6 Å². The summed E-state index contributed by atoms with van der Waals surface area (Å²) in [5.74, 6) is 0. The number of para-hydroxylation sites is 1. The molecule has 3 rings (SSSR count). The van der Waals surface area contributed by atoms with E-state index in [9.17, 15) is 0 Å². The number of piperidine rings is 1. The summed E-state index contributed by atoms with van der Waals surface area (Å²) >= 11 is 0. The Morgan fingerprint density at radius 2 is 2.17 bits per heavy atom. The SMILES string of the molecule is CNC1CCCN(c2ccnc3ccccc23)C1. The Kier molecular flexibility index (Phi) is 3.15. The van der Waals surface area contributed by atoms with E-state index in [1.807, 2.05) is 12.3 Å². The molecule has 2 aromatic rings. The normalized spacial score (nSPS) is 20.3. The second-order valence-electron chi connectivity index (χ2n) is 4.92. The lowest BCUT2D eigenvalue weighted by molar-refractivity contribution is 0.450. The summed E-state index contributed by atoms with van der Waals surface area (Å²) in [6.07, 6.45) is 4.44. The molecule has 0 aliphatic carbocycles. The van der Waals surface area contributed by atoms with E-state index in [1.165, 1.54) is 23.9 Å². The minimum Gasteiger partial charge on any atom is -0.369 e. The molecule has 0 amide bonds. The molecule has 3 heteroatoms. The first kappa shape index (κ1) is 11.5. The van der Waals surface area contributed by atoms with Crippen LogP contribution in [0.1, 0.15) is 12.8 Å². The summed E-state index contributed by atoms with van der Waals surface area (Å²) in [6.45, 7) is 2.23. The monoisotopic (exact) mass is 241 g/mol. The minimum atomic E-state index is 0.602. The fraction of sp³-hybridized carbons (Fsp3) is 0.400. The summed E-state index contributed by atoms with van der Waals surface area (Å²) < 4.78 is 0. The number of benzene rings is 1. The second kappa shape index (κ2) is 4.94. The zero-order chi connectivity index (χ0) is 12.4. The summed E-state index contributed by atoms with van der Waals surface area (Å²) in [5.41, 5.74) is 2.40. The van der Waals surface area contributed by atoms with Crippen LogP contribution < -0.4 is 10.2 Å². The first-order chi connectivity index (χ1) is 8.88. The highest BCUT2D eigenvalue weighted by atomic mass is 15.2. The molecule has 1 aliphatic heterocycles. The number of nitrogens with zero attached hydrogens (tertiary/aromatic N) is 2. The molecular weight excluding hydrogens is 222 g/mol. The van der Waals surface area contributed by atoms with E-state index in [0.29, 0.717) is 6.04 Å². The largest absolute Gasteiger partial charge is 0.369 e. The van der Waals surface area contributed by atoms with Crippen LogP contribution in [0.2, 0.25) is 0 Å². The third-order valence-corrected chi connectivity index (χ3v) is 3.80. The lowest BCUT2D eigenvalue weighted by Crippen LogP contribution is -2.44. The molecule has 0 saturated carbocycles. The lowest BCUT2D eigenvalue weighted by Gasteiger charge is -2.34. The van der Waals surface area contributed by atoms with E-state index in [0.717, 1.165) is 18.6 Å². The lowest BCUT2D eigenvalue weighted by atomic mass is 10.0. The van der Waals surface area contributed by atoms with Gasteiger partial charge in [-0.15, -0.1) is 0 Å². The van der Waals surface area contributed by atoms with Crippen LogP contribution in [0.15, 0.2) is 36.5 Å². The molecule has 0 spiro atoms. The highest BCUT2D eigenvalue weighted by Crippen LogP contribution is 2.27. The van der Waals surface area contributed by atoms with Crippen LogP contribution in [-0.4, -0.2) is 31.2 Å². The van der Waals surface area contributed by atoms with Gasteiger partial charge in [-0.25, -0.2) is 0 Å². The highest BCUT2D eigenvalue weighted by molar-refractivity contribution is 5.91. The Balaban J connectivity index is 1.98. The predicted octanol–water partition coefficient (Wildman–Crippen LogP) is 2.42. The van der Waals surface area contributed by atoms with Crippen molar-refractivity contribution < 1.29 is 0 Å². The Morgan fingerprint density at radius 3 is 3.06 bits per heavy atom. The van der Waals surface area contributed by atoms with Crippen LogP contribution in [0, 0.1) is 0 Å². The van der Waals surface area contributed by atoms with Crippen molar-refractivity contribution in [3.05, 3.63) is 36.5 Å². The van der Waals surface area contributed by atoms with Crippen molar-refractivity contribution in [2.75, 3.05) is 25.0 Å². The van der Waals surface area contributed by atoms with Gasteiger partial charge in [-0.1, -0.05) is 18.2 Å². The van der Waals surface area contributed by atoms with E-state index in [-0.39, 0.29) is 0 Å². The van der Waals surface area contributed by atoms with E-state index in [4.69, 9.17) is 0 Å². The topological polar surface area (TPSA) is 28.2 Å². The molecule has 0 bridgehead atoms. The minimum absolute atomic E-state index is 0.602. The van der Waals surface area contributed by atoms with Crippen molar-refractivity contribution in [1.29, 1.82) is 0 Å². The molecule has 1 aliphatic rings. The van der Waals surface area contributed by atoms with E-state index in [2.05, 4.69) is 46.5 Å².